The highest BCUT2D eigenvalue weighted by Gasteiger charge is 2.30. The molecular weight excluding hydrogens is 492 g/mol. The van der Waals surface area contributed by atoms with Crippen LogP contribution in [-0.2, 0) is 12.7 Å². The van der Waals surface area contributed by atoms with Crippen LogP contribution in [0.2, 0.25) is 10.0 Å². The lowest BCUT2D eigenvalue weighted by Crippen LogP contribution is -2.35. The van der Waals surface area contributed by atoms with Crippen molar-refractivity contribution in [2.24, 2.45) is 0 Å². The number of nitrogens with zero attached hydrogens (tertiary/aromatic N) is 2. The molecule has 1 amide bonds. The summed E-state index contributed by atoms with van der Waals surface area (Å²) in [6.45, 7) is 2.46. The maximum atomic E-state index is 12.8. The first-order valence-electron chi connectivity index (χ1n) is 10.4. The van der Waals surface area contributed by atoms with Crippen LogP contribution in [0.1, 0.15) is 29.3 Å². The molecule has 11 heteroatoms. The van der Waals surface area contributed by atoms with Crippen molar-refractivity contribution >= 4 is 34.9 Å². The van der Waals surface area contributed by atoms with Gasteiger partial charge in [0.15, 0.2) is 0 Å². The number of alkyl halides is 3. The Balaban J connectivity index is 1.71. The number of aliphatic hydroxyl groups excluding tert-OH is 1. The van der Waals surface area contributed by atoms with Crippen molar-refractivity contribution in [1.82, 2.24) is 14.9 Å². The van der Waals surface area contributed by atoms with Gasteiger partial charge in [0.25, 0.3) is 5.91 Å². The van der Waals surface area contributed by atoms with E-state index in [1.54, 1.807) is 37.5 Å². The fraction of sp³-hybridized carbons (Fsp3) is 0.304. The molecule has 0 aliphatic heterocycles. The molecule has 182 valence electrons. The second-order valence-corrected chi connectivity index (χ2v) is 8.56. The molecule has 0 fully saturated rings. The van der Waals surface area contributed by atoms with E-state index in [1.807, 2.05) is 4.57 Å². The van der Waals surface area contributed by atoms with Gasteiger partial charge in [-0.1, -0.05) is 29.3 Å². The second kappa shape index (κ2) is 11.1. The average molecular weight is 515 g/mol. The highest BCUT2D eigenvalue weighted by molar-refractivity contribution is 6.36. The molecular formula is C23H23Cl2F3N4O2. The van der Waals surface area contributed by atoms with Crippen LogP contribution in [0.3, 0.4) is 0 Å². The normalized spacial score (nSPS) is 12.4. The summed E-state index contributed by atoms with van der Waals surface area (Å²) < 4.78 is 39.8. The Hall–Kier alpha value is -2.75. The molecule has 3 aromatic rings. The molecule has 0 saturated carbocycles. The minimum atomic E-state index is -4.43. The molecule has 2 heterocycles. The SMILES string of the molecule is C[C@H](CO)NC(=O)c1cn(CCCNc2ccc(C(F)(F)F)cn2)cc1-c1ccc(Cl)cc1Cl. The van der Waals surface area contributed by atoms with Gasteiger partial charge in [0.05, 0.1) is 17.7 Å². The number of aromatic nitrogens is 2. The molecule has 1 atom stereocenters. The van der Waals surface area contributed by atoms with Crippen molar-refractivity contribution in [2.75, 3.05) is 18.5 Å². The average Bonchev–Trinajstić information content (AvgIpc) is 3.20. The van der Waals surface area contributed by atoms with E-state index in [0.717, 1.165) is 12.3 Å². The largest absolute Gasteiger partial charge is 0.417 e. The van der Waals surface area contributed by atoms with Crippen molar-refractivity contribution in [3.63, 3.8) is 0 Å². The molecule has 3 N–H and O–H groups in total. The number of nitrogens with one attached hydrogen (secondary N) is 2. The number of halogens is 5. The Morgan fingerprint density at radius 3 is 2.56 bits per heavy atom. The Kier molecular flexibility index (Phi) is 8.46. The van der Waals surface area contributed by atoms with Crippen LogP contribution in [-0.4, -0.2) is 39.8 Å². The quantitative estimate of drug-likeness (QED) is 0.330. The van der Waals surface area contributed by atoms with E-state index in [0.29, 0.717) is 52.1 Å². The summed E-state index contributed by atoms with van der Waals surface area (Å²) >= 11 is 12.4. The lowest BCUT2D eigenvalue weighted by atomic mass is 10.0. The van der Waals surface area contributed by atoms with E-state index in [1.165, 1.54) is 6.07 Å². The molecule has 1 aromatic carbocycles. The minimum Gasteiger partial charge on any atom is -0.394 e. The highest BCUT2D eigenvalue weighted by Crippen LogP contribution is 2.33. The van der Waals surface area contributed by atoms with E-state index in [2.05, 4.69) is 15.6 Å². The van der Waals surface area contributed by atoms with Crippen molar-refractivity contribution in [1.29, 1.82) is 0 Å². The third-order valence-electron chi connectivity index (χ3n) is 4.99. The molecule has 0 radical (unpaired) electrons. The third-order valence-corrected chi connectivity index (χ3v) is 5.54. The number of rotatable bonds is 9. The van der Waals surface area contributed by atoms with Crippen molar-refractivity contribution in [2.45, 2.75) is 32.1 Å². The molecule has 0 spiro atoms. The zero-order chi connectivity index (χ0) is 24.9. The summed E-state index contributed by atoms with van der Waals surface area (Å²) in [6.07, 6.45) is 0.456. The van der Waals surface area contributed by atoms with Crippen LogP contribution >= 0.6 is 23.2 Å². The van der Waals surface area contributed by atoms with Crippen LogP contribution in [0.5, 0.6) is 0 Å². The smallest absolute Gasteiger partial charge is 0.394 e. The first-order chi connectivity index (χ1) is 16.1. The summed E-state index contributed by atoms with van der Waals surface area (Å²) in [6, 6.07) is 6.83. The number of carbonyl (C=O) groups is 1. The van der Waals surface area contributed by atoms with E-state index >= 15 is 0 Å². The zero-order valence-electron chi connectivity index (χ0n) is 18.2. The van der Waals surface area contributed by atoms with E-state index in [9.17, 15) is 23.1 Å². The van der Waals surface area contributed by atoms with E-state index < -0.39 is 17.8 Å². The van der Waals surface area contributed by atoms with E-state index in [4.69, 9.17) is 23.2 Å². The number of hydrogen-bond acceptors (Lipinski definition) is 4. The molecule has 0 unspecified atom stereocenters. The summed E-state index contributed by atoms with van der Waals surface area (Å²) in [4.78, 5) is 16.6. The van der Waals surface area contributed by atoms with Crippen LogP contribution in [0.25, 0.3) is 11.1 Å². The highest BCUT2D eigenvalue weighted by atomic mass is 35.5. The Bertz CT molecular complexity index is 1130. The van der Waals surface area contributed by atoms with Gasteiger partial charge >= 0.3 is 6.18 Å². The Labute approximate surface area is 204 Å². The Morgan fingerprint density at radius 1 is 1.18 bits per heavy atom. The summed E-state index contributed by atoms with van der Waals surface area (Å²) in [5.74, 6) is -0.0133. The number of anilines is 1. The van der Waals surface area contributed by atoms with Gasteiger partial charge in [-0.25, -0.2) is 4.98 Å². The maximum absolute atomic E-state index is 12.8. The molecule has 0 bridgehead atoms. The molecule has 2 aromatic heterocycles. The van der Waals surface area contributed by atoms with Crippen molar-refractivity contribution in [3.05, 3.63) is 70.1 Å². The Morgan fingerprint density at radius 2 is 1.94 bits per heavy atom. The van der Waals surface area contributed by atoms with Gasteiger partial charge in [-0.15, -0.1) is 0 Å². The minimum absolute atomic E-state index is 0.201. The van der Waals surface area contributed by atoms with Gasteiger partial charge in [0.2, 0.25) is 0 Å². The fourth-order valence-electron chi connectivity index (χ4n) is 3.23. The van der Waals surface area contributed by atoms with Gasteiger partial charge in [-0.3, -0.25) is 4.79 Å². The molecule has 34 heavy (non-hydrogen) atoms. The molecule has 0 aliphatic carbocycles. The summed E-state index contributed by atoms with van der Waals surface area (Å²) in [5.41, 5.74) is 0.836. The number of amides is 1. The number of aryl methyl sites for hydroxylation is 1. The number of carbonyl (C=O) groups excluding carboxylic acids is 1. The van der Waals surface area contributed by atoms with E-state index in [-0.39, 0.29) is 12.5 Å². The van der Waals surface area contributed by atoms with Gasteiger partial charge in [-0.2, -0.15) is 13.2 Å². The first-order valence-corrected chi connectivity index (χ1v) is 11.2. The van der Waals surface area contributed by atoms with Gasteiger partial charge in [0.1, 0.15) is 5.82 Å². The summed E-state index contributed by atoms with van der Waals surface area (Å²) in [7, 11) is 0. The van der Waals surface area contributed by atoms with Gasteiger partial charge in [-0.05, 0) is 37.6 Å². The van der Waals surface area contributed by atoms with Crippen LogP contribution in [0, 0.1) is 0 Å². The zero-order valence-corrected chi connectivity index (χ0v) is 19.7. The lowest BCUT2D eigenvalue weighted by Gasteiger charge is -2.11. The number of aliphatic hydroxyl groups is 1. The summed E-state index contributed by atoms with van der Waals surface area (Å²) in [5, 5.41) is 15.8. The lowest BCUT2D eigenvalue weighted by molar-refractivity contribution is -0.137. The molecule has 0 saturated heterocycles. The van der Waals surface area contributed by atoms with Crippen molar-refractivity contribution < 1.29 is 23.1 Å². The second-order valence-electron chi connectivity index (χ2n) is 7.71. The van der Waals surface area contributed by atoms with Crippen LogP contribution < -0.4 is 10.6 Å². The van der Waals surface area contributed by atoms with Crippen LogP contribution in [0.15, 0.2) is 48.9 Å². The standard InChI is InChI=1S/C23H23Cl2F3N4O2/c1-14(13-33)31-22(34)19-12-32(11-18(19)17-5-4-16(24)9-20(17)25)8-2-7-29-21-6-3-15(10-30-21)23(26,27)28/h3-6,9-12,14,33H,2,7-8,13H2,1H3,(H,29,30)(H,31,34)/t14-/m1/s1. The number of benzene rings is 1. The third kappa shape index (κ3) is 6.65. The molecule has 3 rings (SSSR count). The predicted molar refractivity (Wildman–Crippen MR) is 126 cm³/mol. The number of hydrogen-bond donors (Lipinski definition) is 3. The first kappa shape index (κ1) is 25.9. The maximum Gasteiger partial charge on any atom is 0.417 e. The fourth-order valence-corrected chi connectivity index (χ4v) is 3.74. The molecule has 6 nitrogen and oxygen atoms in total. The topological polar surface area (TPSA) is 79.2 Å². The number of pyridine rings is 1. The predicted octanol–water partition coefficient (Wildman–Crippen LogP) is 5.49. The van der Waals surface area contributed by atoms with Crippen LogP contribution in [0.4, 0.5) is 19.0 Å². The van der Waals surface area contributed by atoms with Gasteiger partial charge in [0, 0.05) is 58.9 Å². The monoisotopic (exact) mass is 514 g/mol. The van der Waals surface area contributed by atoms with Gasteiger partial charge < -0.3 is 20.3 Å². The van der Waals surface area contributed by atoms with Crippen molar-refractivity contribution in [3.8, 4) is 11.1 Å². The molecule has 0 aliphatic rings.